The summed E-state index contributed by atoms with van der Waals surface area (Å²) in [6, 6.07) is 6.54. The standard InChI is InChI=1S/C20H28ClN4O4.W/c1-5-10-28-12-13-29-11-9-25(20-23-15(2)22-19(21)24-20)14-16-17(26-3)7-6-8-18(16)27-4;/h7-8H,5,9-14H2,1-4H3;/q-1;. The Labute approximate surface area is 197 Å². The summed E-state index contributed by atoms with van der Waals surface area (Å²) in [5.41, 5.74) is 0.856. The van der Waals surface area contributed by atoms with E-state index in [1.807, 2.05) is 4.90 Å². The molecule has 0 bridgehead atoms. The van der Waals surface area contributed by atoms with Crippen LogP contribution in [0.4, 0.5) is 5.95 Å². The number of benzene rings is 1. The maximum Gasteiger partial charge on any atom is 0.230 e. The second-order valence-electron chi connectivity index (χ2n) is 6.17. The van der Waals surface area contributed by atoms with Gasteiger partial charge >= 0.3 is 0 Å². The first-order valence-corrected chi connectivity index (χ1v) is 9.86. The van der Waals surface area contributed by atoms with E-state index in [0.29, 0.717) is 56.2 Å². The topological polar surface area (TPSA) is 78.8 Å². The predicted octanol–water partition coefficient (Wildman–Crippen LogP) is 3.10. The normalized spacial score (nSPS) is 10.4. The van der Waals surface area contributed by atoms with Crippen LogP contribution in [0, 0.1) is 13.0 Å². The van der Waals surface area contributed by atoms with E-state index in [9.17, 15) is 0 Å². The number of aromatic nitrogens is 3. The number of rotatable bonds is 13. The largest absolute Gasteiger partial charge is 0.554 e. The number of aryl methyl sites for hydroxylation is 1. The molecule has 0 fully saturated rings. The van der Waals surface area contributed by atoms with Crippen molar-refractivity contribution in [2.75, 3.05) is 52.1 Å². The van der Waals surface area contributed by atoms with Gasteiger partial charge in [0.1, 0.15) is 5.82 Å². The van der Waals surface area contributed by atoms with Crippen molar-refractivity contribution < 1.29 is 40.0 Å². The summed E-state index contributed by atoms with van der Waals surface area (Å²) in [5, 5.41) is 0.145. The second-order valence-corrected chi connectivity index (χ2v) is 6.51. The number of ether oxygens (including phenoxy) is 4. The van der Waals surface area contributed by atoms with Gasteiger partial charge in [-0.2, -0.15) is 16.0 Å². The van der Waals surface area contributed by atoms with E-state index in [2.05, 4.69) is 27.9 Å². The van der Waals surface area contributed by atoms with Gasteiger partial charge < -0.3 is 23.8 Å². The predicted molar refractivity (Wildman–Crippen MR) is 111 cm³/mol. The van der Waals surface area contributed by atoms with Crippen LogP contribution in [-0.4, -0.2) is 62.1 Å². The zero-order valence-electron chi connectivity index (χ0n) is 17.8. The number of nitrogens with zero attached hydrogens (tertiary/aromatic N) is 4. The zero-order valence-corrected chi connectivity index (χ0v) is 21.5. The average molecular weight is 608 g/mol. The molecule has 1 aromatic heterocycles. The van der Waals surface area contributed by atoms with Gasteiger partial charge in [-0.05, 0) is 24.9 Å². The molecule has 1 heterocycles. The van der Waals surface area contributed by atoms with Gasteiger partial charge in [-0.25, -0.2) is 4.98 Å². The zero-order chi connectivity index (χ0) is 21.1. The SMILES string of the molecule is CCCOCCOCCN(Cc1c(OC)c[c-]cc1OC)c1nc(C)nc(Cl)n1.[W]. The summed E-state index contributed by atoms with van der Waals surface area (Å²) < 4.78 is 22.1. The van der Waals surface area contributed by atoms with Gasteiger partial charge in [0.15, 0.2) is 0 Å². The Morgan fingerprint density at radius 3 is 2.17 bits per heavy atom. The fraction of sp³-hybridized carbons (Fsp3) is 0.550. The van der Waals surface area contributed by atoms with Crippen LogP contribution in [0.2, 0.25) is 5.28 Å². The fourth-order valence-electron chi connectivity index (χ4n) is 2.67. The average Bonchev–Trinajstić information content (AvgIpc) is 2.71. The molecule has 2 rings (SSSR count). The Bertz CT molecular complexity index is 727. The minimum atomic E-state index is 0. The summed E-state index contributed by atoms with van der Waals surface area (Å²) in [6.45, 7) is 7.14. The Morgan fingerprint density at radius 2 is 1.60 bits per heavy atom. The molecule has 0 unspecified atom stereocenters. The van der Waals surface area contributed by atoms with E-state index < -0.39 is 0 Å². The molecule has 0 amide bonds. The first-order valence-electron chi connectivity index (χ1n) is 9.48. The van der Waals surface area contributed by atoms with Gasteiger partial charge in [0.05, 0.1) is 34.0 Å². The number of methoxy groups -OCH3 is 2. The van der Waals surface area contributed by atoms with Crippen LogP contribution in [0.25, 0.3) is 0 Å². The number of hydrogen-bond donors (Lipinski definition) is 0. The molecule has 0 N–H and O–H groups in total. The van der Waals surface area contributed by atoms with Crippen LogP contribution in [0.1, 0.15) is 24.7 Å². The maximum absolute atomic E-state index is 6.06. The van der Waals surface area contributed by atoms with E-state index in [-0.39, 0.29) is 26.3 Å². The maximum atomic E-state index is 6.06. The molecule has 10 heteroatoms. The molecule has 166 valence electrons. The summed E-state index contributed by atoms with van der Waals surface area (Å²) in [7, 11) is 3.22. The molecule has 0 spiro atoms. The summed E-state index contributed by atoms with van der Waals surface area (Å²) in [6.07, 6.45) is 0.992. The Hall–Kier alpha value is -1.47. The first kappa shape index (κ1) is 26.6. The Kier molecular flexibility index (Phi) is 12.9. The molecular formula is C20H28ClN4O4W-. The number of anilines is 1. The molecule has 0 radical (unpaired) electrons. The second kappa shape index (κ2) is 14.5. The van der Waals surface area contributed by atoms with Crippen molar-refractivity contribution in [2.24, 2.45) is 0 Å². The fourth-order valence-corrected chi connectivity index (χ4v) is 2.87. The molecule has 0 saturated carbocycles. The molecule has 0 aliphatic rings. The quantitative estimate of drug-likeness (QED) is 0.254. The van der Waals surface area contributed by atoms with Gasteiger partial charge in [-0.1, -0.05) is 12.5 Å². The Balaban J connectivity index is 0.00000450. The van der Waals surface area contributed by atoms with Crippen LogP contribution in [0.3, 0.4) is 0 Å². The van der Waals surface area contributed by atoms with Crippen molar-refractivity contribution in [2.45, 2.75) is 26.8 Å². The number of hydrogen-bond acceptors (Lipinski definition) is 8. The summed E-state index contributed by atoms with van der Waals surface area (Å²) in [4.78, 5) is 14.7. The van der Waals surface area contributed by atoms with Gasteiger partial charge in [0.25, 0.3) is 0 Å². The van der Waals surface area contributed by atoms with E-state index >= 15 is 0 Å². The van der Waals surface area contributed by atoms with Crippen LogP contribution in [0.5, 0.6) is 11.5 Å². The van der Waals surface area contributed by atoms with E-state index in [4.69, 9.17) is 30.5 Å². The van der Waals surface area contributed by atoms with Crippen LogP contribution in [-0.2, 0) is 37.1 Å². The third-order valence-electron chi connectivity index (χ3n) is 4.03. The summed E-state index contributed by atoms with van der Waals surface area (Å²) >= 11 is 6.06. The van der Waals surface area contributed by atoms with E-state index in [1.165, 1.54) is 0 Å². The van der Waals surface area contributed by atoms with Gasteiger partial charge in [0, 0.05) is 52.3 Å². The van der Waals surface area contributed by atoms with E-state index in [0.717, 1.165) is 18.6 Å². The molecule has 0 aliphatic heterocycles. The molecule has 0 aliphatic carbocycles. The molecule has 1 aromatic carbocycles. The molecule has 0 saturated heterocycles. The van der Waals surface area contributed by atoms with Crippen molar-refractivity contribution >= 4 is 17.5 Å². The van der Waals surface area contributed by atoms with Crippen molar-refractivity contribution in [3.63, 3.8) is 0 Å². The van der Waals surface area contributed by atoms with Gasteiger partial charge in [-0.15, -0.1) is 12.1 Å². The molecule has 0 atom stereocenters. The third-order valence-corrected chi connectivity index (χ3v) is 4.20. The van der Waals surface area contributed by atoms with Crippen molar-refractivity contribution in [1.82, 2.24) is 15.0 Å². The van der Waals surface area contributed by atoms with Crippen LogP contribution in [0.15, 0.2) is 12.1 Å². The Morgan fingerprint density at radius 1 is 0.967 bits per heavy atom. The molecular weight excluding hydrogens is 580 g/mol. The van der Waals surface area contributed by atoms with Crippen LogP contribution >= 0.6 is 11.6 Å². The monoisotopic (exact) mass is 607 g/mol. The minimum Gasteiger partial charge on any atom is -0.554 e. The van der Waals surface area contributed by atoms with Crippen molar-refractivity contribution in [1.29, 1.82) is 0 Å². The van der Waals surface area contributed by atoms with Crippen LogP contribution < -0.4 is 14.4 Å². The molecule has 30 heavy (non-hydrogen) atoms. The van der Waals surface area contributed by atoms with Crippen molar-refractivity contribution in [3.8, 4) is 11.5 Å². The summed E-state index contributed by atoms with van der Waals surface area (Å²) in [5.74, 6) is 2.34. The van der Waals surface area contributed by atoms with Gasteiger partial charge in [0.2, 0.25) is 11.2 Å². The molecule has 2 aromatic rings. The van der Waals surface area contributed by atoms with E-state index in [1.54, 1.807) is 33.3 Å². The van der Waals surface area contributed by atoms with Gasteiger partial charge in [-0.3, -0.25) is 0 Å². The number of halogens is 1. The minimum absolute atomic E-state index is 0. The first-order chi connectivity index (χ1) is 14.1. The third kappa shape index (κ3) is 8.34. The smallest absolute Gasteiger partial charge is 0.230 e. The molecule has 8 nitrogen and oxygen atoms in total. The van der Waals surface area contributed by atoms with Crippen molar-refractivity contribution in [3.05, 3.63) is 34.9 Å².